The second-order valence-electron chi connectivity index (χ2n) is 6.88. The van der Waals surface area contributed by atoms with Crippen molar-refractivity contribution in [2.75, 3.05) is 18.1 Å². The molecule has 7 nitrogen and oxygen atoms in total. The molecular formula is C19H24N2O5. The largest absolute Gasteiger partial charge is 0.492 e. The van der Waals surface area contributed by atoms with Gasteiger partial charge in [0.05, 0.1) is 18.2 Å². The highest BCUT2D eigenvalue weighted by molar-refractivity contribution is 6.01. The lowest BCUT2D eigenvalue weighted by molar-refractivity contribution is -0.142. The van der Waals surface area contributed by atoms with Crippen molar-refractivity contribution in [3.05, 3.63) is 24.3 Å². The van der Waals surface area contributed by atoms with Crippen LogP contribution in [0.15, 0.2) is 24.3 Å². The van der Waals surface area contributed by atoms with Crippen LogP contribution >= 0.6 is 0 Å². The molecule has 1 aliphatic carbocycles. The monoisotopic (exact) mass is 360 g/mol. The second kappa shape index (κ2) is 7.76. The van der Waals surface area contributed by atoms with Gasteiger partial charge in [0.1, 0.15) is 11.8 Å². The quantitative estimate of drug-likeness (QED) is 0.737. The van der Waals surface area contributed by atoms with Gasteiger partial charge in [-0.1, -0.05) is 25.0 Å². The van der Waals surface area contributed by atoms with Crippen LogP contribution in [-0.4, -0.2) is 42.1 Å². The van der Waals surface area contributed by atoms with E-state index in [1.165, 1.54) is 0 Å². The number of carboxylic acids is 1. The van der Waals surface area contributed by atoms with Crippen LogP contribution in [0.2, 0.25) is 0 Å². The molecule has 140 valence electrons. The summed E-state index contributed by atoms with van der Waals surface area (Å²) in [7, 11) is 0. The van der Waals surface area contributed by atoms with Gasteiger partial charge in [-0.3, -0.25) is 9.59 Å². The number of anilines is 1. The van der Waals surface area contributed by atoms with Gasteiger partial charge in [-0.15, -0.1) is 0 Å². The Balaban J connectivity index is 1.67. The Morgan fingerprint density at radius 1 is 1.35 bits per heavy atom. The standard InChI is InChI=1S/C19H24N2O5/c1-2-26-16-6-4-3-5-15(16)21-11-13(10-17(21)22)18(23)20-14(19(24)25)9-12-7-8-12/h3-6,12-14H,2,7-11H2,1H3,(H,20,23)(H,24,25). The van der Waals surface area contributed by atoms with Crippen LogP contribution in [0.3, 0.4) is 0 Å². The Bertz CT molecular complexity index is 701. The van der Waals surface area contributed by atoms with Crippen molar-refractivity contribution >= 4 is 23.5 Å². The first kappa shape index (κ1) is 18.2. The van der Waals surface area contributed by atoms with Crippen LogP contribution in [0, 0.1) is 11.8 Å². The van der Waals surface area contributed by atoms with E-state index in [2.05, 4.69) is 5.32 Å². The van der Waals surface area contributed by atoms with Gasteiger partial charge in [0.2, 0.25) is 11.8 Å². The van der Waals surface area contributed by atoms with E-state index in [1.54, 1.807) is 17.0 Å². The fourth-order valence-electron chi connectivity index (χ4n) is 3.27. The van der Waals surface area contributed by atoms with E-state index in [9.17, 15) is 19.5 Å². The fraction of sp³-hybridized carbons (Fsp3) is 0.526. The lowest BCUT2D eigenvalue weighted by atomic mass is 10.1. The maximum Gasteiger partial charge on any atom is 0.326 e. The third-order valence-corrected chi connectivity index (χ3v) is 4.83. The number of nitrogens with zero attached hydrogens (tertiary/aromatic N) is 1. The van der Waals surface area contributed by atoms with Crippen molar-refractivity contribution < 1.29 is 24.2 Å². The lowest BCUT2D eigenvalue weighted by Crippen LogP contribution is -2.44. The highest BCUT2D eigenvalue weighted by Gasteiger charge is 2.38. The molecule has 2 fully saturated rings. The average Bonchev–Trinajstić information content (AvgIpc) is 3.35. The molecule has 1 saturated heterocycles. The van der Waals surface area contributed by atoms with Crippen LogP contribution < -0.4 is 15.0 Å². The molecule has 3 rings (SSSR count). The number of hydrogen-bond acceptors (Lipinski definition) is 4. The van der Waals surface area contributed by atoms with E-state index in [1.807, 2.05) is 19.1 Å². The Kier molecular flexibility index (Phi) is 5.44. The summed E-state index contributed by atoms with van der Waals surface area (Å²) in [5.74, 6) is -1.13. The van der Waals surface area contributed by atoms with Crippen molar-refractivity contribution in [1.29, 1.82) is 0 Å². The number of rotatable bonds is 8. The Morgan fingerprint density at radius 2 is 2.08 bits per heavy atom. The minimum absolute atomic E-state index is 0.0715. The van der Waals surface area contributed by atoms with Crippen LogP contribution in [0.4, 0.5) is 5.69 Å². The van der Waals surface area contributed by atoms with Gasteiger partial charge in [-0.25, -0.2) is 4.79 Å². The maximum atomic E-state index is 12.5. The predicted molar refractivity (Wildman–Crippen MR) is 95.0 cm³/mol. The number of amides is 2. The number of carbonyl (C=O) groups is 3. The van der Waals surface area contributed by atoms with Crippen LogP contribution in [0.25, 0.3) is 0 Å². The number of nitrogens with one attached hydrogen (secondary N) is 1. The van der Waals surface area contributed by atoms with Crippen molar-refractivity contribution in [1.82, 2.24) is 5.32 Å². The van der Waals surface area contributed by atoms with E-state index >= 15 is 0 Å². The highest BCUT2D eigenvalue weighted by Crippen LogP contribution is 2.35. The van der Waals surface area contributed by atoms with Gasteiger partial charge >= 0.3 is 5.97 Å². The molecule has 2 N–H and O–H groups in total. The van der Waals surface area contributed by atoms with E-state index in [0.717, 1.165) is 12.8 Å². The van der Waals surface area contributed by atoms with Gasteiger partial charge in [0, 0.05) is 13.0 Å². The van der Waals surface area contributed by atoms with Gasteiger partial charge < -0.3 is 20.1 Å². The summed E-state index contributed by atoms with van der Waals surface area (Å²) in [6.07, 6.45) is 2.56. The van der Waals surface area contributed by atoms with Crippen molar-refractivity contribution in [2.45, 2.75) is 38.6 Å². The summed E-state index contributed by atoms with van der Waals surface area (Å²) in [6.45, 7) is 2.57. The molecular weight excluding hydrogens is 336 g/mol. The molecule has 2 aliphatic rings. The van der Waals surface area contributed by atoms with Gasteiger partial charge in [-0.05, 0) is 31.4 Å². The molecule has 1 heterocycles. The number of carboxylic acid groups (broad SMARTS) is 1. The molecule has 1 aromatic carbocycles. The maximum absolute atomic E-state index is 12.5. The molecule has 2 amide bonds. The minimum Gasteiger partial charge on any atom is -0.492 e. The number of benzene rings is 1. The molecule has 1 saturated carbocycles. The predicted octanol–water partition coefficient (Wildman–Crippen LogP) is 1.81. The third kappa shape index (κ3) is 4.15. The van der Waals surface area contributed by atoms with Gasteiger partial charge in [0.25, 0.3) is 0 Å². The summed E-state index contributed by atoms with van der Waals surface area (Å²) in [5, 5.41) is 11.9. The van der Waals surface area contributed by atoms with Crippen molar-refractivity contribution in [3.8, 4) is 5.75 Å². The second-order valence-corrected chi connectivity index (χ2v) is 6.88. The number of aliphatic carboxylic acids is 1. The molecule has 0 radical (unpaired) electrons. The molecule has 1 aromatic rings. The highest BCUT2D eigenvalue weighted by atomic mass is 16.5. The Labute approximate surface area is 152 Å². The van der Waals surface area contributed by atoms with Crippen LogP contribution in [-0.2, 0) is 14.4 Å². The van der Waals surface area contributed by atoms with Crippen LogP contribution in [0.5, 0.6) is 5.75 Å². The van der Waals surface area contributed by atoms with Gasteiger partial charge in [0.15, 0.2) is 0 Å². The zero-order chi connectivity index (χ0) is 18.7. The summed E-state index contributed by atoms with van der Waals surface area (Å²) in [5.41, 5.74) is 0.641. The molecule has 2 atom stereocenters. The van der Waals surface area contributed by atoms with Gasteiger partial charge in [-0.2, -0.15) is 0 Å². The normalized spacial score (nSPS) is 20.7. The first-order chi connectivity index (χ1) is 12.5. The van der Waals surface area contributed by atoms with Crippen molar-refractivity contribution in [2.24, 2.45) is 11.8 Å². The fourth-order valence-corrected chi connectivity index (χ4v) is 3.27. The zero-order valence-electron chi connectivity index (χ0n) is 14.8. The molecule has 2 unspecified atom stereocenters. The number of carbonyl (C=O) groups excluding carboxylic acids is 2. The van der Waals surface area contributed by atoms with E-state index in [0.29, 0.717) is 30.4 Å². The Hall–Kier alpha value is -2.57. The van der Waals surface area contributed by atoms with E-state index in [4.69, 9.17) is 4.74 Å². The Morgan fingerprint density at radius 3 is 2.73 bits per heavy atom. The number of hydrogen-bond donors (Lipinski definition) is 2. The van der Waals surface area contributed by atoms with Crippen LogP contribution in [0.1, 0.15) is 32.6 Å². The summed E-state index contributed by atoms with van der Waals surface area (Å²) < 4.78 is 5.57. The number of ether oxygens (including phenoxy) is 1. The van der Waals surface area contributed by atoms with Crippen molar-refractivity contribution in [3.63, 3.8) is 0 Å². The molecule has 0 bridgehead atoms. The first-order valence-corrected chi connectivity index (χ1v) is 9.05. The molecule has 7 heteroatoms. The first-order valence-electron chi connectivity index (χ1n) is 9.05. The average molecular weight is 360 g/mol. The molecule has 0 aromatic heterocycles. The summed E-state index contributed by atoms with van der Waals surface area (Å²) >= 11 is 0. The molecule has 26 heavy (non-hydrogen) atoms. The SMILES string of the molecule is CCOc1ccccc1N1CC(C(=O)NC(CC2CC2)C(=O)O)CC1=O. The number of para-hydroxylation sites is 2. The zero-order valence-corrected chi connectivity index (χ0v) is 14.8. The third-order valence-electron chi connectivity index (χ3n) is 4.83. The van der Waals surface area contributed by atoms with E-state index < -0.39 is 17.9 Å². The van der Waals surface area contributed by atoms with E-state index in [-0.39, 0.29) is 24.8 Å². The smallest absolute Gasteiger partial charge is 0.326 e. The molecule has 0 spiro atoms. The summed E-state index contributed by atoms with van der Waals surface area (Å²) in [6, 6.07) is 6.34. The minimum atomic E-state index is -1.02. The lowest BCUT2D eigenvalue weighted by Gasteiger charge is -2.20. The summed E-state index contributed by atoms with van der Waals surface area (Å²) in [4.78, 5) is 37.9. The topological polar surface area (TPSA) is 95.9 Å². The molecule has 1 aliphatic heterocycles.